The summed E-state index contributed by atoms with van der Waals surface area (Å²) in [4.78, 5) is 23.5. The molecule has 1 N–H and O–H groups in total. The lowest BCUT2D eigenvalue weighted by atomic mass is 10.0. The molecule has 1 aliphatic rings. The Balaban J connectivity index is 1.58. The molecule has 0 radical (unpaired) electrons. The molecule has 0 bridgehead atoms. The third-order valence-electron chi connectivity index (χ3n) is 4.20. The summed E-state index contributed by atoms with van der Waals surface area (Å²) in [7, 11) is 0. The van der Waals surface area contributed by atoms with Crippen LogP contribution in [0.4, 0.5) is 0 Å². The Bertz CT molecular complexity index is 767. The van der Waals surface area contributed by atoms with E-state index in [4.69, 9.17) is 4.74 Å². The van der Waals surface area contributed by atoms with E-state index in [9.17, 15) is 9.59 Å². The van der Waals surface area contributed by atoms with Gasteiger partial charge in [0.2, 0.25) is 0 Å². The fourth-order valence-electron chi connectivity index (χ4n) is 3.06. The molecule has 2 aromatic carbocycles. The highest BCUT2D eigenvalue weighted by Crippen LogP contribution is 2.36. The second kappa shape index (κ2) is 7.30. The minimum absolute atomic E-state index is 0.0994. The first kappa shape index (κ1) is 16.2. The van der Waals surface area contributed by atoms with Gasteiger partial charge in [0.15, 0.2) is 0 Å². The summed E-state index contributed by atoms with van der Waals surface area (Å²) in [5.74, 6) is -0.320. The van der Waals surface area contributed by atoms with Crippen molar-refractivity contribution in [2.24, 2.45) is 0 Å². The molecule has 124 valence electrons. The maximum absolute atomic E-state index is 12.3. The topological polar surface area (TPSA) is 55.4 Å². The third kappa shape index (κ3) is 3.48. The van der Waals surface area contributed by atoms with Crippen LogP contribution in [-0.2, 0) is 16.0 Å². The van der Waals surface area contributed by atoms with Gasteiger partial charge in [-0.25, -0.2) is 0 Å². The van der Waals surface area contributed by atoms with Gasteiger partial charge in [0.05, 0.1) is 6.61 Å². The number of hydrogen-bond acceptors (Lipinski definition) is 3. The van der Waals surface area contributed by atoms with Gasteiger partial charge in [-0.2, -0.15) is 0 Å². The quantitative estimate of drug-likeness (QED) is 0.559. The van der Waals surface area contributed by atoms with Crippen LogP contribution < -0.4 is 5.32 Å². The molecule has 1 aliphatic carbocycles. The van der Waals surface area contributed by atoms with E-state index in [1.54, 1.807) is 6.92 Å². The number of nitrogens with one attached hydrogen (secondary N) is 1. The van der Waals surface area contributed by atoms with Crippen molar-refractivity contribution in [2.45, 2.75) is 26.2 Å². The van der Waals surface area contributed by atoms with Crippen molar-refractivity contribution in [2.75, 3.05) is 13.2 Å². The van der Waals surface area contributed by atoms with Crippen molar-refractivity contribution in [3.8, 4) is 11.1 Å². The van der Waals surface area contributed by atoms with E-state index in [2.05, 4.69) is 17.4 Å². The van der Waals surface area contributed by atoms with Crippen LogP contribution >= 0.6 is 0 Å². The zero-order chi connectivity index (χ0) is 16.9. The van der Waals surface area contributed by atoms with Crippen molar-refractivity contribution in [1.29, 1.82) is 0 Å². The monoisotopic (exact) mass is 323 g/mol. The van der Waals surface area contributed by atoms with Crippen molar-refractivity contribution in [3.05, 3.63) is 59.2 Å². The van der Waals surface area contributed by atoms with Gasteiger partial charge in [-0.3, -0.25) is 9.59 Å². The van der Waals surface area contributed by atoms with Gasteiger partial charge in [-0.1, -0.05) is 30.3 Å². The molecule has 0 aromatic heterocycles. The summed E-state index contributed by atoms with van der Waals surface area (Å²) < 4.78 is 4.86. The summed E-state index contributed by atoms with van der Waals surface area (Å²) in [6.07, 6.45) is 1.78. The van der Waals surface area contributed by atoms with E-state index in [0.717, 1.165) is 6.42 Å². The number of carbonyl (C=O) groups excluding carboxylic acids is 2. The first-order valence-electron chi connectivity index (χ1n) is 8.34. The number of rotatable bonds is 6. The molecule has 24 heavy (non-hydrogen) atoms. The Morgan fingerprint density at radius 3 is 2.71 bits per heavy atom. The van der Waals surface area contributed by atoms with Crippen LogP contribution in [0.5, 0.6) is 0 Å². The van der Waals surface area contributed by atoms with E-state index < -0.39 is 0 Å². The van der Waals surface area contributed by atoms with Crippen molar-refractivity contribution < 1.29 is 14.3 Å². The molecule has 0 heterocycles. The lowest BCUT2D eigenvalue weighted by Crippen LogP contribution is -2.25. The molecule has 2 aromatic rings. The number of hydrogen-bond donors (Lipinski definition) is 1. The summed E-state index contributed by atoms with van der Waals surface area (Å²) >= 11 is 0. The van der Waals surface area contributed by atoms with Gasteiger partial charge in [0.1, 0.15) is 0 Å². The van der Waals surface area contributed by atoms with Gasteiger partial charge >= 0.3 is 5.97 Å². The zero-order valence-corrected chi connectivity index (χ0v) is 13.8. The van der Waals surface area contributed by atoms with Crippen LogP contribution in [0, 0.1) is 0 Å². The lowest BCUT2D eigenvalue weighted by molar-refractivity contribution is -0.143. The second-order valence-electron chi connectivity index (χ2n) is 5.87. The first-order chi connectivity index (χ1) is 11.7. The molecule has 0 fully saturated rings. The van der Waals surface area contributed by atoms with Crippen molar-refractivity contribution >= 4 is 11.9 Å². The van der Waals surface area contributed by atoms with E-state index in [1.807, 2.05) is 30.3 Å². The zero-order valence-electron chi connectivity index (χ0n) is 13.8. The molecule has 0 aliphatic heterocycles. The fraction of sp³-hybridized carbons (Fsp3) is 0.300. The van der Waals surface area contributed by atoms with Gasteiger partial charge in [0.25, 0.3) is 5.91 Å². The molecular weight excluding hydrogens is 302 g/mol. The van der Waals surface area contributed by atoms with E-state index in [1.165, 1.54) is 22.3 Å². The number of ether oxygens (including phenoxy) is 1. The Morgan fingerprint density at radius 2 is 1.88 bits per heavy atom. The molecule has 0 saturated carbocycles. The Morgan fingerprint density at radius 1 is 1.08 bits per heavy atom. The van der Waals surface area contributed by atoms with Crippen molar-refractivity contribution in [1.82, 2.24) is 5.32 Å². The molecule has 4 heteroatoms. The number of benzene rings is 2. The van der Waals surface area contributed by atoms with Crippen LogP contribution in [0.2, 0.25) is 0 Å². The highest BCUT2D eigenvalue weighted by atomic mass is 16.5. The SMILES string of the molecule is CCOC(=O)CCCNC(=O)c1ccc2c(c1)Cc1ccccc1-2. The minimum Gasteiger partial charge on any atom is -0.466 e. The average Bonchev–Trinajstić information content (AvgIpc) is 2.96. The number of fused-ring (bicyclic) bond motifs is 3. The lowest BCUT2D eigenvalue weighted by Gasteiger charge is -2.07. The summed E-state index contributed by atoms with van der Waals surface area (Å²) in [5.41, 5.74) is 5.63. The molecule has 0 saturated heterocycles. The number of amides is 1. The predicted octanol–water partition coefficient (Wildman–Crippen LogP) is 3.33. The van der Waals surface area contributed by atoms with Crippen LogP contribution in [0.15, 0.2) is 42.5 Å². The standard InChI is InChI=1S/C20H21NO3/c1-2-24-19(22)8-5-11-21-20(23)15-9-10-18-16(13-15)12-14-6-3-4-7-17(14)18/h3-4,6-7,9-10,13H,2,5,8,11-12H2,1H3,(H,21,23). The van der Waals surface area contributed by atoms with Crippen molar-refractivity contribution in [3.63, 3.8) is 0 Å². The number of carbonyl (C=O) groups is 2. The largest absolute Gasteiger partial charge is 0.466 e. The highest BCUT2D eigenvalue weighted by molar-refractivity contribution is 5.95. The average molecular weight is 323 g/mol. The van der Waals surface area contributed by atoms with Crippen LogP contribution in [-0.4, -0.2) is 25.0 Å². The normalized spacial score (nSPS) is 11.5. The third-order valence-corrected chi connectivity index (χ3v) is 4.20. The first-order valence-corrected chi connectivity index (χ1v) is 8.34. The smallest absolute Gasteiger partial charge is 0.305 e. The van der Waals surface area contributed by atoms with Crippen LogP contribution in [0.3, 0.4) is 0 Å². The minimum atomic E-state index is -0.220. The van der Waals surface area contributed by atoms with E-state index >= 15 is 0 Å². The molecule has 0 spiro atoms. The van der Waals surface area contributed by atoms with Gasteiger partial charge in [0, 0.05) is 18.5 Å². The van der Waals surface area contributed by atoms with E-state index in [-0.39, 0.29) is 11.9 Å². The predicted molar refractivity (Wildman–Crippen MR) is 92.9 cm³/mol. The number of esters is 1. The Labute approximate surface area is 141 Å². The fourth-order valence-corrected chi connectivity index (χ4v) is 3.06. The van der Waals surface area contributed by atoms with Gasteiger partial charge in [-0.15, -0.1) is 0 Å². The Hall–Kier alpha value is -2.62. The molecule has 0 atom stereocenters. The van der Waals surface area contributed by atoms with Crippen LogP contribution in [0.25, 0.3) is 11.1 Å². The van der Waals surface area contributed by atoms with Gasteiger partial charge < -0.3 is 10.1 Å². The summed E-state index contributed by atoms with van der Waals surface area (Å²) in [6.45, 7) is 2.64. The van der Waals surface area contributed by atoms with Gasteiger partial charge in [-0.05, 0) is 54.2 Å². The second-order valence-corrected chi connectivity index (χ2v) is 5.87. The maximum atomic E-state index is 12.3. The van der Waals surface area contributed by atoms with E-state index in [0.29, 0.717) is 31.6 Å². The van der Waals surface area contributed by atoms with Crippen LogP contribution in [0.1, 0.15) is 41.3 Å². The molecular formula is C20H21NO3. The maximum Gasteiger partial charge on any atom is 0.305 e. The molecule has 1 amide bonds. The molecule has 3 rings (SSSR count). The molecule has 4 nitrogen and oxygen atoms in total. The Kier molecular flexibility index (Phi) is 4.94. The summed E-state index contributed by atoms with van der Waals surface area (Å²) in [6, 6.07) is 14.2. The highest BCUT2D eigenvalue weighted by Gasteiger charge is 2.19. The molecule has 0 unspecified atom stereocenters. The summed E-state index contributed by atoms with van der Waals surface area (Å²) in [5, 5.41) is 2.86.